The van der Waals surface area contributed by atoms with Crippen molar-refractivity contribution in [3.8, 4) is 0 Å². The van der Waals surface area contributed by atoms with E-state index in [1.807, 2.05) is 21.1 Å². The molecule has 0 radical (unpaired) electrons. The number of nitrogens with zero attached hydrogens (tertiary/aromatic N) is 2. The molecule has 2 rings (SSSR count). The van der Waals surface area contributed by atoms with Gasteiger partial charge in [0.25, 0.3) is 0 Å². The molecule has 1 aliphatic heterocycles. The van der Waals surface area contributed by atoms with Gasteiger partial charge in [-0.1, -0.05) is 11.6 Å². The third-order valence-corrected chi connectivity index (χ3v) is 4.65. The lowest BCUT2D eigenvalue weighted by Crippen LogP contribution is -2.40. The highest BCUT2D eigenvalue weighted by Crippen LogP contribution is 2.22. The minimum absolute atomic E-state index is 0.0819. The van der Waals surface area contributed by atoms with Crippen LogP contribution >= 0.6 is 11.6 Å². The summed E-state index contributed by atoms with van der Waals surface area (Å²) in [5.41, 5.74) is 1.37. The number of rotatable bonds is 8. The Bertz CT molecular complexity index is 591. The van der Waals surface area contributed by atoms with E-state index in [0.717, 1.165) is 38.0 Å². The number of benzene rings is 1. The maximum atomic E-state index is 14.3. The van der Waals surface area contributed by atoms with Crippen LogP contribution in [0.1, 0.15) is 24.0 Å². The monoisotopic (exact) mass is 370 g/mol. The second-order valence-electron chi connectivity index (χ2n) is 6.96. The molecule has 1 heterocycles. The third kappa shape index (κ3) is 6.22. The summed E-state index contributed by atoms with van der Waals surface area (Å²) in [7, 11) is 6.08. The van der Waals surface area contributed by atoms with Crippen LogP contribution in [0.4, 0.5) is 4.39 Å². The molecule has 0 spiro atoms. The zero-order valence-electron chi connectivity index (χ0n) is 15.2. The minimum atomic E-state index is -0.457. The van der Waals surface area contributed by atoms with E-state index in [0.29, 0.717) is 12.1 Å². The third-order valence-electron chi connectivity index (χ3n) is 4.37. The quantitative estimate of drug-likeness (QED) is 0.733. The van der Waals surface area contributed by atoms with E-state index in [9.17, 15) is 9.18 Å². The van der Waals surface area contributed by atoms with Crippen LogP contribution in [0.2, 0.25) is 5.02 Å². The predicted molar refractivity (Wildman–Crippen MR) is 99.2 cm³/mol. The molecule has 1 aliphatic rings. The van der Waals surface area contributed by atoms with E-state index in [-0.39, 0.29) is 23.5 Å². The van der Waals surface area contributed by atoms with Crippen molar-refractivity contribution in [1.82, 2.24) is 20.4 Å². The van der Waals surface area contributed by atoms with Gasteiger partial charge in [0.2, 0.25) is 5.91 Å². The number of amides is 1. The largest absolute Gasteiger partial charge is 0.351 e. The fourth-order valence-corrected chi connectivity index (χ4v) is 3.17. The molecule has 1 amide bonds. The van der Waals surface area contributed by atoms with E-state index < -0.39 is 5.82 Å². The van der Waals surface area contributed by atoms with Gasteiger partial charge < -0.3 is 20.4 Å². The van der Waals surface area contributed by atoms with Crippen molar-refractivity contribution in [3.63, 3.8) is 0 Å². The van der Waals surface area contributed by atoms with Crippen molar-refractivity contribution in [1.29, 1.82) is 0 Å². The summed E-state index contributed by atoms with van der Waals surface area (Å²) in [6.07, 6.45) is 1.82. The van der Waals surface area contributed by atoms with E-state index in [4.69, 9.17) is 11.6 Å². The second kappa shape index (κ2) is 9.48. The lowest BCUT2D eigenvalue weighted by atomic mass is 10.1. The summed E-state index contributed by atoms with van der Waals surface area (Å²) in [5.74, 6) is -0.539. The number of hydrogen-bond acceptors (Lipinski definition) is 4. The van der Waals surface area contributed by atoms with Crippen LogP contribution in [0.25, 0.3) is 0 Å². The van der Waals surface area contributed by atoms with Gasteiger partial charge in [-0.05, 0) is 58.2 Å². The smallest absolute Gasteiger partial charge is 0.237 e. The number of halogens is 2. The maximum absolute atomic E-state index is 14.3. The molecule has 1 fully saturated rings. The molecule has 1 saturated heterocycles. The molecule has 1 aromatic carbocycles. The minimum Gasteiger partial charge on any atom is -0.351 e. The average Bonchev–Trinajstić information content (AvgIpc) is 3.09. The van der Waals surface area contributed by atoms with Crippen molar-refractivity contribution < 1.29 is 9.18 Å². The van der Waals surface area contributed by atoms with Crippen LogP contribution in [-0.4, -0.2) is 62.5 Å². The van der Waals surface area contributed by atoms with E-state index in [1.165, 1.54) is 0 Å². The Hall–Kier alpha value is -1.21. The Kier molecular flexibility index (Phi) is 7.62. The molecule has 0 aliphatic carbocycles. The highest BCUT2D eigenvalue weighted by atomic mass is 35.5. The van der Waals surface area contributed by atoms with Gasteiger partial charge in [-0.3, -0.25) is 4.79 Å². The SMILES string of the molecule is CN(C)CCN(C)Cc1cc(Cl)c(F)c(CNC(=O)[C@@H]2CCCN2)c1. The molecular formula is C18H28ClFN4O. The fraction of sp³-hybridized carbons (Fsp3) is 0.611. The molecule has 0 unspecified atom stereocenters. The van der Waals surface area contributed by atoms with Gasteiger partial charge >= 0.3 is 0 Å². The molecule has 140 valence electrons. The van der Waals surface area contributed by atoms with Gasteiger partial charge in [-0.25, -0.2) is 4.39 Å². The summed E-state index contributed by atoms with van der Waals surface area (Å²) >= 11 is 6.05. The topological polar surface area (TPSA) is 47.6 Å². The standard InChI is InChI=1S/C18H28ClFN4O/c1-23(2)7-8-24(3)12-13-9-14(17(20)15(19)10-13)11-22-18(25)16-5-4-6-21-16/h9-10,16,21H,4-8,11-12H2,1-3H3,(H,22,25)/t16-/m0/s1. The first kappa shape index (κ1) is 20.1. The number of likely N-dealkylation sites (N-methyl/N-ethyl adjacent to an activating group) is 2. The highest BCUT2D eigenvalue weighted by Gasteiger charge is 2.22. The molecule has 1 aromatic rings. The van der Waals surface area contributed by atoms with E-state index in [2.05, 4.69) is 20.4 Å². The normalized spacial score (nSPS) is 17.5. The Morgan fingerprint density at radius 3 is 2.76 bits per heavy atom. The van der Waals surface area contributed by atoms with Crippen LogP contribution in [0.15, 0.2) is 12.1 Å². The van der Waals surface area contributed by atoms with Crippen molar-refractivity contribution in [2.45, 2.75) is 32.0 Å². The maximum Gasteiger partial charge on any atom is 0.237 e. The van der Waals surface area contributed by atoms with Crippen molar-refractivity contribution >= 4 is 17.5 Å². The van der Waals surface area contributed by atoms with E-state index >= 15 is 0 Å². The van der Waals surface area contributed by atoms with Gasteiger partial charge in [0.05, 0.1) is 11.1 Å². The molecule has 2 N–H and O–H groups in total. The first-order valence-electron chi connectivity index (χ1n) is 8.68. The van der Waals surface area contributed by atoms with Crippen LogP contribution < -0.4 is 10.6 Å². The predicted octanol–water partition coefficient (Wildman–Crippen LogP) is 1.84. The van der Waals surface area contributed by atoms with Crippen LogP contribution in [0.3, 0.4) is 0 Å². The van der Waals surface area contributed by atoms with Gasteiger partial charge in [0, 0.05) is 31.7 Å². The summed E-state index contributed by atoms with van der Waals surface area (Å²) in [5, 5.41) is 6.04. The summed E-state index contributed by atoms with van der Waals surface area (Å²) in [4.78, 5) is 16.4. The van der Waals surface area contributed by atoms with Crippen LogP contribution in [0, 0.1) is 5.82 Å². The first-order valence-corrected chi connectivity index (χ1v) is 9.05. The fourth-order valence-electron chi connectivity index (χ4n) is 2.90. The molecule has 0 saturated carbocycles. The van der Waals surface area contributed by atoms with Gasteiger partial charge in [-0.2, -0.15) is 0 Å². The molecule has 5 nitrogen and oxygen atoms in total. The van der Waals surface area contributed by atoms with Crippen molar-refractivity contribution in [2.75, 3.05) is 40.8 Å². The lowest BCUT2D eigenvalue weighted by molar-refractivity contribution is -0.122. The Labute approximate surface area is 154 Å². The Morgan fingerprint density at radius 1 is 1.36 bits per heavy atom. The zero-order valence-corrected chi connectivity index (χ0v) is 16.0. The number of nitrogens with one attached hydrogen (secondary N) is 2. The second-order valence-corrected chi connectivity index (χ2v) is 7.37. The zero-order chi connectivity index (χ0) is 18.4. The molecule has 0 aromatic heterocycles. The van der Waals surface area contributed by atoms with Crippen LogP contribution in [0.5, 0.6) is 0 Å². The van der Waals surface area contributed by atoms with E-state index in [1.54, 1.807) is 12.1 Å². The first-order chi connectivity index (χ1) is 11.9. The summed E-state index contributed by atoms with van der Waals surface area (Å²) in [6.45, 7) is 3.54. The van der Waals surface area contributed by atoms with Crippen LogP contribution in [-0.2, 0) is 17.9 Å². The Balaban J connectivity index is 1.97. The lowest BCUT2D eigenvalue weighted by Gasteiger charge is -2.20. The summed E-state index contributed by atoms with van der Waals surface area (Å²) in [6, 6.07) is 3.28. The van der Waals surface area contributed by atoms with Gasteiger partial charge in [-0.15, -0.1) is 0 Å². The molecule has 7 heteroatoms. The van der Waals surface area contributed by atoms with Gasteiger partial charge in [0.15, 0.2) is 0 Å². The molecule has 25 heavy (non-hydrogen) atoms. The number of hydrogen-bond donors (Lipinski definition) is 2. The number of carbonyl (C=O) groups is 1. The average molecular weight is 371 g/mol. The van der Waals surface area contributed by atoms with Crippen molar-refractivity contribution in [3.05, 3.63) is 34.1 Å². The summed E-state index contributed by atoms with van der Waals surface area (Å²) < 4.78 is 14.3. The van der Waals surface area contributed by atoms with Crippen molar-refractivity contribution in [2.24, 2.45) is 0 Å². The molecule has 0 bridgehead atoms. The van der Waals surface area contributed by atoms with Gasteiger partial charge in [0.1, 0.15) is 5.82 Å². The Morgan fingerprint density at radius 2 is 2.12 bits per heavy atom. The molecular weight excluding hydrogens is 343 g/mol. The number of carbonyl (C=O) groups excluding carboxylic acids is 1. The molecule has 1 atom stereocenters. The highest BCUT2D eigenvalue weighted by molar-refractivity contribution is 6.30.